The molecule has 21 heavy (non-hydrogen) atoms. The number of rotatable bonds is 4. The van der Waals surface area contributed by atoms with E-state index in [2.05, 4.69) is 0 Å². The molecule has 0 radical (unpaired) electrons. The third kappa shape index (κ3) is 3.98. The molecule has 0 fully saturated rings. The molecule has 2 rings (SSSR count). The van der Waals surface area contributed by atoms with Gasteiger partial charge in [0.1, 0.15) is 18.5 Å². The molecule has 1 N–H and O–H groups in total. The molecule has 0 aromatic heterocycles. The van der Waals surface area contributed by atoms with Crippen LogP contribution in [0, 0.1) is 6.92 Å². The fourth-order valence-electron chi connectivity index (χ4n) is 1.99. The molecule has 0 bridgehead atoms. The first-order valence-corrected chi connectivity index (χ1v) is 6.41. The Kier molecular flexibility index (Phi) is 4.53. The van der Waals surface area contributed by atoms with Crippen molar-refractivity contribution in [2.45, 2.75) is 19.2 Å². The van der Waals surface area contributed by atoms with Gasteiger partial charge < -0.3 is 9.84 Å². The molecule has 0 amide bonds. The van der Waals surface area contributed by atoms with Crippen LogP contribution in [0.4, 0.5) is 13.2 Å². The maximum absolute atomic E-state index is 12.6. The van der Waals surface area contributed by atoms with E-state index in [1.54, 1.807) is 12.1 Å². The largest absolute Gasteiger partial charge is 0.491 e. The van der Waals surface area contributed by atoms with Crippen molar-refractivity contribution in [2.24, 2.45) is 0 Å². The monoisotopic (exact) mass is 296 g/mol. The van der Waals surface area contributed by atoms with E-state index >= 15 is 0 Å². The number of aliphatic hydroxyl groups excluding tert-OH is 1. The van der Waals surface area contributed by atoms with Crippen LogP contribution >= 0.6 is 0 Å². The van der Waals surface area contributed by atoms with Gasteiger partial charge in [-0.2, -0.15) is 13.2 Å². The van der Waals surface area contributed by atoms with E-state index in [9.17, 15) is 18.3 Å². The van der Waals surface area contributed by atoms with Crippen LogP contribution in [-0.2, 0) is 6.18 Å². The maximum Gasteiger partial charge on any atom is 0.416 e. The van der Waals surface area contributed by atoms with E-state index < -0.39 is 17.8 Å². The molecule has 112 valence electrons. The molecule has 0 saturated heterocycles. The number of aryl methyl sites for hydroxylation is 1. The highest BCUT2D eigenvalue weighted by atomic mass is 19.4. The number of benzene rings is 2. The lowest BCUT2D eigenvalue weighted by atomic mass is 10.0. The van der Waals surface area contributed by atoms with Gasteiger partial charge in [-0.15, -0.1) is 0 Å². The first-order chi connectivity index (χ1) is 9.88. The second-order valence-electron chi connectivity index (χ2n) is 4.71. The van der Waals surface area contributed by atoms with Gasteiger partial charge >= 0.3 is 6.18 Å². The normalized spacial score (nSPS) is 13.0. The lowest BCUT2D eigenvalue weighted by Crippen LogP contribution is -2.11. The summed E-state index contributed by atoms with van der Waals surface area (Å²) in [5.41, 5.74) is 0.826. The molecule has 0 aliphatic rings. The van der Waals surface area contributed by atoms with E-state index in [0.29, 0.717) is 5.56 Å². The Morgan fingerprint density at radius 1 is 1.10 bits per heavy atom. The summed E-state index contributed by atoms with van der Waals surface area (Å²) in [5, 5.41) is 10.0. The van der Waals surface area contributed by atoms with E-state index in [1.807, 2.05) is 19.1 Å². The summed E-state index contributed by atoms with van der Waals surface area (Å²) < 4.78 is 43.0. The van der Waals surface area contributed by atoms with Crippen molar-refractivity contribution in [3.8, 4) is 5.75 Å². The molecule has 0 aliphatic heterocycles. The van der Waals surface area contributed by atoms with Crippen LogP contribution in [0.3, 0.4) is 0 Å². The van der Waals surface area contributed by atoms with Gasteiger partial charge in [-0.1, -0.05) is 30.3 Å². The predicted octanol–water partition coefficient (Wildman–Crippen LogP) is 4.13. The van der Waals surface area contributed by atoms with Gasteiger partial charge in [0.15, 0.2) is 0 Å². The van der Waals surface area contributed by atoms with Crippen LogP contribution in [0.25, 0.3) is 0 Å². The van der Waals surface area contributed by atoms with Gasteiger partial charge in [0, 0.05) is 0 Å². The van der Waals surface area contributed by atoms with Crippen molar-refractivity contribution < 1.29 is 23.0 Å². The first-order valence-electron chi connectivity index (χ1n) is 6.41. The Labute approximate surface area is 120 Å². The van der Waals surface area contributed by atoms with Crippen LogP contribution in [0.15, 0.2) is 48.5 Å². The van der Waals surface area contributed by atoms with Crippen molar-refractivity contribution >= 4 is 0 Å². The Hall–Kier alpha value is -2.01. The van der Waals surface area contributed by atoms with Crippen LogP contribution in [0.2, 0.25) is 0 Å². The Bertz CT molecular complexity index is 608. The second kappa shape index (κ2) is 6.18. The molecular formula is C16H15F3O2. The fraction of sp³-hybridized carbons (Fsp3) is 0.250. The second-order valence-corrected chi connectivity index (χ2v) is 4.71. The zero-order valence-electron chi connectivity index (χ0n) is 11.4. The van der Waals surface area contributed by atoms with Crippen molar-refractivity contribution in [3.63, 3.8) is 0 Å². The summed E-state index contributed by atoms with van der Waals surface area (Å²) >= 11 is 0. The molecule has 5 heteroatoms. The number of ether oxygens (including phenoxy) is 1. The van der Waals surface area contributed by atoms with Gasteiger partial charge in [0.2, 0.25) is 0 Å². The highest BCUT2D eigenvalue weighted by molar-refractivity contribution is 5.31. The Morgan fingerprint density at radius 3 is 2.48 bits per heavy atom. The lowest BCUT2D eigenvalue weighted by Gasteiger charge is -2.15. The van der Waals surface area contributed by atoms with Crippen LogP contribution < -0.4 is 4.74 Å². The fourth-order valence-corrected chi connectivity index (χ4v) is 1.99. The minimum Gasteiger partial charge on any atom is -0.491 e. The molecule has 0 spiro atoms. The summed E-state index contributed by atoms with van der Waals surface area (Å²) in [6.07, 6.45) is -5.30. The summed E-state index contributed by atoms with van der Waals surface area (Å²) in [6.45, 7) is 1.75. The van der Waals surface area contributed by atoms with Gasteiger partial charge in [-0.05, 0) is 36.2 Å². The zero-order valence-corrected chi connectivity index (χ0v) is 11.4. The quantitative estimate of drug-likeness (QED) is 0.919. The SMILES string of the molecule is Cc1ccccc1C(O)COc1cccc(C(F)(F)F)c1. The number of alkyl halides is 3. The smallest absolute Gasteiger partial charge is 0.416 e. The highest BCUT2D eigenvalue weighted by Gasteiger charge is 2.30. The van der Waals surface area contributed by atoms with E-state index in [1.165, 1.54) is 12.1 Å². The minimum atomic E-state index is -4.41. The third-order valence-electron chi connectivity index (χ3n) is 3.12. The van der Waals surface area contributed by atoms with Crippen LogP contribution in [0.1, 0.15) is 22.8 Å². The average Bonchev–Trinajstić information content (AvgIpc) is 2.45. The summed E-state index contributed by atoms with van der Waals surface area (Å²) in [6, 6.07) is 11.8. The average molecular weight is 296 g/mol. The molecule has 1 atom stereocenters. The van der Waals surface area contributed by atoms with Crippen LogP contribution in [0.5, 0.6) is 5.75 Å². The molecule has 2 aromatic carbocycles. The number of hydrogen-bond acceptors (Lipinski definition) is 2. The van der Waals surface area contributed by atoms with Gasteiger partial charge in [-0.3, -0.25) is 0 Å². The minimum absolute atomic E-state index is 0.0810. The predicted molar refractivity (Wildman–Crippen MR) is 73.1 cm³/mol. The number of aliphatic hydroxyl groups is 1. The Balaban J connectivity index is 2.05. The summed E-state index contributed by atoms with van der Waals surface area (Å²) in [4.78, 5) is 0. The van der Waals surface area contributed by atoms with Crippen LogP contribution in [-0.4, -0.2) is 11.7 Å². The number of halogens is 3. The number of hydrogen-bond donors (Lipinski definition) is 1. The molecular weight excluding hydrogens is 281 g/mol. The topological polar surface area (TPSA) is 29.5 Å². The first kappa shape index (κ1) is 15.4. The Morgan fingerprint density at radius 2 is 1.81 bits per heavy atom. The molecule has 0 heterocycles. The van der Waals surface area contributed by atoms with E-state index in [0.717, 1.165) is 17.7 Å². The summed E-state index contributed by atoms with van der Waals surface area (Å²) in [5.74, 6) is 0.0810. The van der Waals surface area contributed by atoms with Crippen molar-refractivity contribution in [3.05, 3.63) is 65.2 Å². The molecule has 1 unspecified atom stereocenters. The highest BCUT2D eigenvalue weighted by Crippen LogP contribution is 2.31. The van der Waals surface area contributed by atoms with Crippen molar-refractivity contribution in [1.29, 1.82) is 0 Å². The summed E-state index contributed by atoms with van der Waals surface area (Å²) in [7, 11) is 0. The van der Waals surface area contributed by atoms with E-state index in [-0.39, 0.29) is 12.4 Å². The molecule has 0 saturated carbocycles. The molecule has 2 aromatic rings. The van der Waals surface area contributed by atoms with Gasteiger partial charge in [0.05, 0.1) is 5.56 Å². The zero-order chi connectivity index (χ0) is 15.5. The molecule has 2 nitrogen and oxygen atoms in total. The lowest BCUT2D eigenvalue weighted by molar-refractivity contribution is -0.137. The molecule has 0 aliphatic carbocycles. The van der Waals surface area contributed by atoms with Crippen molar-refractivity contribution in [1.82, 2.24) is 0 Å². The van der Waals surface area contributed by atoms with E-state index in [4.69, 9.17) is 4.74 Å². The van der Waals surface area contributed by atoms with Crippen molar-refractivity contribution in [2.75, 3.05) is 6.61 Å². The maximum atomic E-state index is 12.6. The third-order valence-corrected chi connectivity index (χ3v) is 3.12. The standard InChI is InChI=1S/C16H15F3O2/c1-11-5-2-3-8-14(11)15(20)10-21-13-7-4-6-12(9-13)16(17,18)19/h2-9,15,20H,10H2,1H3. The van der Waals surface area contributed by atoms with Gasteiger partial charge in [0.25, 0.3) is 0 Å². The van der Waals surface area contributed by atoms with Gasteiger partial charge in [-0.25, -0.2) is 0 Å².